The van der Waals surface area contributed by atoms with E-state index in [9.17, 15) is 4.79 Å². The number of aromatic nitrogens is 3. The van der Waals surface area contributed by atoms with Gasteiger partial charge in [-0.3, -0.25) is 9.89 Å². The predicted octanol–water partition coefficient (Wildman–Crippen LogP) is 5.33. The van der Waals surface area contributed by atoms with Crippen LogP contribution < -0.4 is 5.32 Å². The molecule has 0 saturated heterocycles. The van der Waals surface area contributed by atoms with Crippen LogP contribution in [0.15, 0.2) is 73.1 Å². The van der Waals surface area contributed by atoms with E-state index in [0.29, 0.717) is 11.1 Å². The molecule has 3 N–H and O–H groups in total. The van der Waals surface area contributed by atoms with Gasteiger partial charge in [-0.05, 0) is 49.4 Å². The fourth-order valence-electron chi connectivity index (χ4n) is 3.53. The molecular weight excluding hydrogens is 348 g/mol. The highest BCUT2D eigenvalue weighted by Crippen LogP contribution is 2.28. The number of para-hydroxylation sites is 1. The Labute approximate surface area is 161 Å². The van der Waals surface area contributed by atoms with Crippen molar-refractivity contribution in [1.82, 2.24) is 15.2 Å². The number of carbonyl (C=O) groups excluding carboxylic acids is 1. The summed E-state index contributed by atoms with van der Waals surface area (Å²) in [5.74, 6) is -0.0115. The first-order valence-corrected chi connectivity index (χ1v) is 9.11. The number of aryl methyl sites for hydroxylation is 1. The Morgan fingerprint density at radius 2 is 1.86 bits per heavy atom. The maximum atomic E-state index is 13.3. The Morgan fingerprint density at radius 1 is 0.964 bits per heavy atom. The van der Waals surface area contributed by atoms with Crippen LogP contribution in [-0.4, -0.2) is 21.0 Å². The summed E-state index contributed by atoms with van der Waals surface area (Å²) in [6.07, 6.45) is 3.58. The summed E-state index contributed by atoms with van der Waals surface area (Å²) in [7, 11) is 0. The standard InChI is InChI=1S/C23H18N4O/c1-14-6-9-20-18(10-14)19(13-24-20)23(28)17-4-2-3-5-21(17)26-16-8-7-15-12-25-27-22(15)11-16/h2-13,24,26H,1H3,(H,25,27). The van der Waals surface area contributed by atoms with Crippen LogP contribution >= 0.6 is 0 Å². The van der Waals surface area contributed by atoms with Crippen molar-refractivity contribution in [2.24, 2.45) is 0 Å². The molecule has 28 heavy (non-hydrogen) atoms. The molecule has 5 aromatic rings. The van der Waals surface area contributed by atoms with Crippen molar-refractivity contribution >= 4 is 39.0 Å². The molecule has 0 aliphatic rings. The quantitative estimate of drug-likeness (QED) is 0.377. The molecule has 0 unspecified atom stereocenters. The zero-order valence-corrected chi connectivity index (χ0v) is 15.3. The molecule has 2 heterocycles. The number of fused-ring (bicyclic) bond motifs is 2. The van der Waals surface area contributed by atoms with Crippen molar-refractivity contribution in [2.45, 2.75) is 6.92 Å². The highest BCUT2D eigenvalue weighted by molar-refractivity contribution is 6.18. The third kappa shape index (κ3) is 2.74. The zero-order valence-electron chi connectivity index (χ0n) is 15.3. The van der Waals surface area contributed by atoms with E-state index in [4.69, 9.17) is 0 Å². The number of benzene rings is 3. The average Bonchev–Trinajstić information content (AvgIpc) is 3.34. The van der Waals surface area contributed by atoms with E-state index in [-0.39, 0.29) is 5.78 Å². The van der Waals surface area contributed by atoms with Gasteiger partial charge in [-0.1, -0.05) is 23.8 Å². The molecule has 0 aliphatic heterocycles. The second-order valence-electron chi connectivity index (χ2n) is 6.92. The maximum absolute atomic E-state index is 13.3. The molecule has 3 aromatic carbocycles. The van der Waals surface area contributed by atoms with Gasteiger partial charge in [-0.25, -0.2) is 0 Å². The monoisotopic (exact) mass is 366 g/mol. The minimum absolute atomic E-state index is 0.0115. The topological polar surface area (TPSA) is 73.6 Å². The van der Waals surface area contributed by atoms with Crippen LogP contribution in [-0.2, 0) is 0 Å². The number of carbonyl (C=O) groups is 1. The van der Waals surface area contributed by atoms with Gasteiger partial charge in [-0.15, -0.1) is 0 Å². The number of anilines is 2. The minimum atomic E-state index is -0.0115. The molecule has 2 aromatic heterocycles. The van der Waals surface area contributed by atoms with Crippen molar-refractivity contribution < 1.29 is 4.79 Å². The van der Waals surface area contributed by atoms with Crippen LogP contribution in [0.5, 0.6) is 0 Å². The SMILES string of the molecule is Cc1ccc2[nH]cc(C(=O)c3ccccc3Nc3ccc4cn[nH]c4c3)c2c1. The first-order valence-electron chi connectivity index (χ1n) is 9.11. The zero-order chi connectivity index (χ0) is 19.1. The van der Waals surface area contributed by atoms with Gasteiger partial charge in [0.1, 0.15) is 0 Å². The van der Waals surface area contributed by atoms with Gasteiger partial charge < -0.3 is 10.3 Å². The Kier molecular flexibility index (Phi) is 3.72. The fourth-order valence-corrected chi connectivity index (χ4v) is 3.53. The maximum Gasteiger partial charge on any atom is 0.197 e. The molecule has 0 fully saturated rings. The van der Waals surface area contributed by atoms with Crippen LogP contribution in [0.25, 0.3) is 21.8 Å². The lowest BCUT2D eigenvalue weighted by Crippen LogP contribution is -2.05. The largest absolute Gasteiger partial charge is 0.360 e. The van der Waals surface area contributed by atoms with Crippen LogP contribution in [0.1, 0.15) is 21.5 Å². The third-order valence-electron chi connectivity index (χ3n) is 4.97. The number of nitrogens with zero attached hydrogens (tertiary/aromatic N) is 1. The Hall–Kier alpha value is -3.86. The number of aromatic amines is 2. The van der Waals surface area contributed by atoms with Crippen molar-refractivity contribution in [1.29, 1.82) is 0 Å². The molecular formula is C23H18N4O. The normalized spacial score (nSPS) is 11.2. The molecule has 0 aliphatic carbocycles. The molecule has 136 valence electrons. The predicted molar refractivity (Wildman–Crippen MR) is 112 cm³/mol. The number of hydrogen-bond donors (Lipinski definition) is 3. The van der Waals surface area contributed by atoms with E-state index in [1.54, 1.807) is 12.4 Å². The summed E-state index contributed by atoms with van der Waals surface area (Å²) in [5.41, 5.74) is 6.01. The molecule has 0 saturated carbocycles. The molecule has 5 heteroatoms. The smallest absolute Gasteiger partial charge is 0.197 e. The number of H-pyrrole nitrogens is 2. The minimum Gasteiger partial charge on any atom is -0.360 e. The number of ketones is 1. The van der Waals surface area contributed by atoms with Crippen molar-refractivity contribution in [2.75, 3.05) is 5.32 Å². The molecule has 0 radical (unpaired) electrons. The summed E-state index contributed by atoms with van der Waals surface area (Å²) in [6, 6.07) is 19.6. The van der Waals surface area contributed by atoms with Gasteiger partial charge in [0, 0.05) is 45.0 Å². The lowest BCUT2D eigenvalue weighted by atomic mass is 10.00. The Morgan fingerprint density at radius 3 is 2.79 bits per heavy atom. The lowest BCUT2D eigenvalue weighted by molar-refractivity contribution is 0.104. The summed E-state index contributed by atoms with van der Waals surface area (Å²) in [4.78, 5) is 16.5. The van der Waals surface area contributed by atoms with E-state index < -0.39 is 0 Å². The number of hydrogen-bond acceptors (Lipinski definition) is 3. The molecule has 5 rings (SSSR count). The van der Waals surface area contributed by atoms with Gasteiger partial charge in [0.15, 0.2) is 5.78 Å². The van der Waals surface area contributed by atoms with Crippen LogP contribution in [0.4, 0.5) is 11.4 Å². The van der Waals surface area contributed by atoms with E-state index in [1.807, 2.05) is 67.6 Å². The second-order valence-corrected chi connectivity index (χ2v) is 6.92. The summed E-state index contributed by atoms with van der Waals surface area (Å²) < 4.78 is 0. The Balaban J connectivity index is 1.55. The molecule has 0 amide bonds. The highest BCUT2D eigenvalue weighted by Gasteiger charge is 2.17. The van der Waals surface area contributed by atoms with Gasteiger partial charge >= 0.3 is 0 Å². The van der Waals surface area contributed by atoms with Gasteiger partial charge in [0.05, 0.1) is 11.7 Å². The number of nitrogens with one attached hydrogen (secondary N) is 3. The van der Waals surface area contributed by atoms with Gasteiger partial charge in [-0.2, -0.15) is 5.10 Å². The summed E-state index contributed by atoms with van der Waals surface area (Å²) in [5, 5.41) is 12.4. The molecule has 0 atom stereocenters. The van der Waals surface area contributed by atoms with E-state index in [1.165, 1.54) is 0 Å². The van der Waals surface area contributed by atoms with E-state index in [0.717, 1.165) is 38.7 Å². The third-order valence-corrected chi connectivity index (χ3v) is 4.97. The van der Waals surface area contributed by atoms with Crippen molar-refractivity contribution in [3.05, 3.63) is 89.7 Å². The first kappa shape index (κ1) is 16.3. The average molecular weight is 366 g/mol. The Bertz CT molecular complexity index is 1330. The first-order chi connectivity index (χ1) is 13.7. The second kappa shape index (κ2) is 6.39. The molecule has 5 nitrogen and oxygen atoms in total. The van der Waals surface area contributed by atoms with Crippen molar-refractivity contribution in [3.63, 3.8) is 0 Å². The fraction of sp³-hybridized carbons (Fsp3) is 0.0435. The van der Waals surface area contributed by atoms with Crippen LogP contribution in [0, 0.1) is 6.92 Å². The lowest BCUT2D eigenvalue weighted by Gasteiger charge is -2.11. The molecule has 0 bridgehead atoms. The summed E-state index contributed by atoms with van der Waals surface area (Å²) in [6.45, 7) is 2.03. The van der Waals surface area contributed by atoms with E-state index in [2.05, 4.69) is 20.5 Å². The van der Waals surface area contributed by atoms with Crippen LogP contribution in [0.2, 0.25) is 0 Å². The van der Waals surface area contributed by atoms with Gasteiger partial charge in [0.2, 0.25) is 0 Å². The van der Waals surface area contributed by atoms with Gasteiger partial charge in [0.25, 0.3) is 0 Å². The van der Waals surface area contributed by atoms with E-state index >= 15 is 0 Å². The van der Waals surface area contributed by atoms with Crippen molar-refractivity contribution in [3.8, 4) is 0 Å². The summed E-state index contributed by atoms with van der Waals surface area (Å²) >= 11 is 0. The molecule has 0 spiro atoms. The van der Waals surface area contributed by atoms with Crippen LogP contribution in [0.3, 0.4) is 0 Å². The number of rotatable bonds is 4. The highest BCUT2D eigenvalue weighted by atomic mass is 16.1.